The van der Waals surface area contributed by atoms with Gasteiger partial charge in [-0.1, -0.05) is 0 Å². The summed E-state index contributed by atoms with van der Waals surface area (Å²) in [4.78, 5) is 0. The van der Waals surface area contributed by atoms with Crippen LogP contribution in [0.4, 0.5) is 4.39 Å². The molecule has 1 aromatic carbocycles. The molecule has 0 radical (unpaired) electrons. The fourth-order valence-corrected chi connectivity index (χ4v) is 3.58. The molecular formula is C14H20FNOS. The zero-order valence-corrected chi connectivity index (χ0v) is 11.7. The predicted octanol–water partition coefficient (Wildman–Crippen LogP) is 3.47. The number of hydrogen-bond donors (Lipinski definition) is 2. The van der Waals surface area contributed by atoms with E-state index in [9.17, 15) is 9.50 Å². The van der Waals surface area contributed by atoms with Gasteiger partial charge in [-0.3, -0.25) is 0 Å². The lowest BCUT2D eigenvalue weighted by molar-refractivity contribution is 0.439. The van der Waals surface area contributed by atoms with Crippen molar-refractivity contribution in [3.05, 3.63) is 29.6 Å². The lowest BCUT2D eigenvalue weighted by Gasteiger charge is -2.26. The molecule has 18 heavy (non-hydrogen) atoms. The minimum absolute atomic E-state index is 0.0428. The standard InChI is InChI=1S/C14H20FNOS/c1-10(12-8-11(15)4-5-13(12)17)16-9-14(2)6-3-7-18-14/h4-5,8,10,16-17H,3,6-7,9H2,1-2H3. The Hall–Kier alpha value is -0.740. The second-order valence-corrected chi connectivity index (χ2v) is 6.89. The van der Waals surface area contributed by atoms with Crippen LogP contribution in [0.25, 0.3) is 0 Å². The van der Waals surface area contributed by atoms with E-state index in [2.05, 4.69) is 12.2 Å². The van der Waals surface area contributed by atoms with Crippen LogP contribution in [0, 0.1) is 5.82 Å². The normalized spacial score (nSPS) is 25.3. The highest BCUT2D eigenvalue weighted by Gasteiger charge is 2.29. The van der Waals surface area contributed by atoms with Gasteiger partial charge in [0, 0.05) is 22.9 Å². The molecule has 0 spiro atoms. The molecule has 1 fully saturated rings. The first kappa shape index (κ1) is 13.7. The summed E-state index contributed by atoms with van der Waals surface area (Å²) in [7, 11) is 0. The molecule has 100 valence electrons. The molecule has 0 bridgehead atoms. The predicted molar refractivity (Wildman–Crippen MR) is 74.6 cm³/mol. The van der Waals surface area contributed by atoms with E-state index < -0.39 is 0 Å². The molecule has 2 atom stereocenters. The summed E-state index contributed by atoms with van der Waals surface area (Å²) in [5, 5.41) is 13.2. The van der Waals surface area contributed by atoms with Gasteiger partial charge in [-0.25, -0.2) is 4.39 Å². The van der Waals surface area contributed by atoms with Crippen molar-refractivity contribution in [2.45, 2.75) is 37.5 Å². The third kappa shape index (κ3) is 3.18. The van der Waals surface area contributed by atoms with E-state index in [0.717, 1.165) is 6.54 Å². The van der Waals surface area contributed by atoms with Crippen molar-refractivity contribution in [1.82, 2.24) is 5.32 Å². The lowest BCUT2D eigenvalue weighted by Crippen LogP contribution is -2.34. The Labute approximate surface area is 112 Å². The van der Waals surface area contributed by atoms with Crippen molar-refractivity contribution in [2.24, 2.45) is 0 Å². The van der Waals surface area contributed by atoms with Crippen molar-refractivity contribution < 1.29 is 9.50 Å². The van der Waals surface area contributed by atoms with Crippen molar-refractivity contribution in [3.63, 3.8) is 0 Å². The molecule has 0 aromatic heterocycles. The molecule has 2 unspecified atom stereocenters. The number of phenolic OH excluding ortho intramolecular Hbond substituents is 1. The van der Waals surface area contributed by atoms with Gasteiger partial charge in [-0.15, -0.1) is 0 Å². The quantitative estimate of drug-likeness (QED) is 0.878. The van der Waals surface area contributed by atoms with E-state index in [1.54, 1.807) is 0 Å². The topological polar surface area (TPSA) is 32.3 Å². The van der Waals surface area contributed by atoms with Gasteiger partial charge in [0.1, 0.15) is 11.6 Å². The smallest absolute Gasteiger partial charge is 0.123 e. The first-order valence-electron chi connectivity index (χ1n) is 6.36. The highest BCUT2D eigenvalue weighted by molar-refractivity contribution is 8.00. The Bertz CT molecular complexity index is 418. The number of phenols is 1. The Morgan fingerprint density at radius 1 is 1.56 bits per heavy atom. The van der Waals surface area contributed by atoms with Gasteiger partial charge < -0.3 is 10.4 Å². The van der Waals surface area contributed by atoms with Crippen LogP contribution in [-0.4, -0.2) is 22.2 Å². The lowest BCUT2D eigenvalue weighted by atomic mass is 10.0. The fourth-order valence-electron chi connectivity index (χ4n) is 2.33. The Morgan fingerprint density at radius 3 is 3.00 bits per heavy atom. The molecule has 1 aliphatic rings. The summed E-state index contributed by atoms with van der Waals surface area (Å²) < 4.78 is 13.5. The van der Waals surface area contributed by atoms with Crippen LogP contribution in [0.1, 0.15) is 38.3 Å². The molecule has 2 nitrogen and oxygen atoms in total. The maximum Gasteiger partial charge on any atom is 0.123 e. The average molecular weight is 269 g/mol. The number of rotatable bonds is 4. The molecule has 2 rings (SSSR count). The second kappa shape index (κ2) is 5.49. The van der Waals surface area contributed by atoms with Crippen molar-refractivity contribution >= 4 is 11.8 Å². The van der Waals surface area contributed by atoms with Crippen LogP contribution in [0.15, 0.2) is 18.2 Å². The van der Waals surface area contributed by atoms with Gasteiger partial charge in [0.15, 0.2) is 0 Å². The van der Waals surface area contributed by atoms with Gasteiger partial charge in [0.05, 0.1) is 0 Å². The maximum absolute atomic E-state index is 13.2. The monoisotopic (exact) mass is 269 g/mol. The maximum atomic E-state index is 13.2. The molecule has 2 N–H and O–H groups in total. The van der Waals surface area contributed by atoms with E-state index in [1.165, 1.54) is 36.8 Å². The molecular weight excluding hydrogens is 249 g/mol. The van der Waals surface area contributed by atoms with E-state index in [0.29, 0.717) is 5.56 Å². The summed E-state index contributed by atoms with van der Waals surface area (Å²) >= 11 is 1.99. The molecule has 1 heterocycles. The molecule has 0 amide bonds. The third-order valence-corrected chi connectivity index (χ3v) is 5.08. The summed E-state index contributed by atoms with van der Waals surface area (Å²) in [6, 6.07) is 4.05. The first-order chi connectivity index (χ1) is 8.50. The third-order valence-electron chi connectivity index (χ3n) is 3.54. The number of aromatic hydroxyl groups is 1. The van der Waals surface area contributed by atoms with Crippen LogP contribution >= 0.6 is 11.8 Å². The van der Waals surface area contributed by atoms with Crippen molar-refractivity contribution in [1.29, 1.82) is 0 Å². The zero-order chi connectivity index (χ0) is 13.2. The SMILES string of the molecule is CC(NCC1(C)CCCS1)c1cc(F)ccc1O. The zero-order valence-electron chi connectivity index (χ0n) is 10.9. The summed E-state index contributed by atoms with van der Waals surface area (Å²) in [6.07, 6.45) is 2.48. The molecule has 1 saturated heterocycles. The summed E-state index contributed by atoms with van der Waals surface area (Å²) in [6.45, 7) is 5.10. The number of thioether (sulfide) groups is 1. The number of nitrogens with one attached hydrogen (secondary N) is 1. The molecule has 1 aromatic rings. The van der Waals surface area contributed by atoms with Crippen LogP contribution < -0.4 is 5.32 Å². The fraction of sp³-hybridized carbons (Fsp3) is 0.571. The highest BCUT2D eigenvalue weighted by atomic mass is 32.2. The Kier molecular flexibility index (Phi) is 4.17. The van der Waals surface area contributed by atoms with Crippen LogP contribution in [0.3, 0.4) is 0 Å². The van der Waals surface area contributed by atoms with Gasteiger partial charge in [-0.05, 0) is 50.6 Å². The second-order valence-electron chi connectivity index (χ2n) is 5.21. The summed E-state index contributed by atoms with van der Waals surface area (Å²) in [5.41, 5.74) is 0.626. The first-order valence-corrected chi connectivity index (χ1v) is 7.34. The number of hydrogen-bond acceptors (Lipinski definition) is 3. The molecule has 0 saturated carbocycles. The Balaban J connectivity index is 1.99. The average Bonchev–Trinajstić information content (AvgIpc) is 2.77. The van der Waals surface area contributed by atoms with Crippen molar-refractivity contribution in [2.75, 3.05) is 12.3 Å². The van der Waals surface area contributed by atoms with E-state index in [4.69, 9.17) is 0 Å². The van der Waals surface area contributed by atoms with E-state index >= 15 is 0 Å². The summed E-state index contributed by atoms with van der Waals surface area (Å²) in [5.74, 6) is 1.07. The van der Waals surface area contributed by atoms with Gasteiger partial charge >= 0.3 is 0 Å². The molecule has 1 aliphatic heterocycles. The number of halogens is 1. The van der Waals surface area contributed by atoms with E-state index in [1.807, 2.05) is 18.7 Å². The minimum Gasteiger partial charge on any atom is -0.508 e. The number of benzene rings is 1. The molecule has 0 aliphatic carbocycles. The van der Waals surface area contributed by atoms with Crippen molar-refractivity contribution in [3.8, 4) is 5.75 Å². The van der Waals surface area contributed by atoms with Crippen LogP contribution in [0.2, 0.25) is 0 Å². The van der Waals surface area contributed by atoms with Crippen LogP contribution in [-0.2, 0) is 0 Å². The largest absolute Gasteiger partial charge is 0.508 e. The minimum atomic E-state index is -0.307. The molecule has 4 heteroatoms. The van der Waals surface area contributed by atoms with Gasteiger partial charge in [-0.2, -0.15) is 11.8 Å². The van der Waals surface area contributed by atoms with E-state index in [-0.39, 0.29) is 22.4 Å². The highest BCUT2D eigenvalue weighted by Crippen LogP contribution is 2.37. The Morgan fingerprint density at radius 2 is 2.33 bits per heavy atom. The van der Waals surface area contributed by atoms with Crippen LogP contribution in [0.5, 0.6) is 5.75 Å². The van der Waals surface area contributed by atoms with Gasteiger partial charge in [0.2, 0.25) is 0 Å². The van der Waals surface area contributed by atoms with Gasteiger partial charge in [0.25, 0.3) is 0 Å².